The molecule has 1 amide bonds. The van der Waals surface area contributed by atoms with Crippen molar-refractivity contribution < 1.29 is 9.53 Å². The second-order valence-corrected chi connectivity index (χ2v) is 9.90. The van der Waals surface area contributed by atoms with E-state index in [1.54, 1.807) is 11.8 Å². The van der Waals surface area contributed by atoms with Crippen LogP contribution in [0.15, 0.2) is 83.9 Å². The summed E-state index contributed by atoms with van der Waals surface area (Å²) in [7, 11) is 0. The number of aromatic nitrogens is 3. The number of thioether (sulfide) groups is 1. The van der Waals surface area contributed by atoms with E-state index in [0.717, 1.165) is 77.0 Å². The number of ether oxygens (including phenoxy) is 1. The summed E-state index contributed by atoms with van der Waals surface area (Å²) in [5, 5.41) is 3.93. The van der Waals surface area contributed by atoms with Crippen LogP contribution in [0.5, 0.6) is 0 Å². The van der Waals surface area contributed by atoms with Crippen LogP contribution in [0.1, 0.15) is 36.0 Å². The second-order valence-electron chi connectivity index (χ2n) is 8.89. The average molecular weight is 483 g/mol. The Morgan fingerprint density at radius 2 is 1.94 bits per heavy atom. The Balaban J connectivity index is 1.35. The molecule has 0 unspecified atom stereocenters. The van der Waals surface area contributed by atoms with Gasteiger partial charge in [0.05, 0.1) is 30.0 Å². The molecule has 7 heteroatoms. The van der Waals surface area contributed by atoms with Crippen LogP contribution < -0.4 is 5.32 Å². The monoisotopic (exact) mass is 482 g/mol. The van der Waals surface area contributed by atoms with Gasteiger partial charge in [0.2, 0.25) is 0 Å². The number of carbonyl (C=O) groups is 1. The molecule has 2 aliphatic rings. The van der Waals surface area contributed by atoms with Crippen molar-refractivity contribution in [2.24, 2.45) is 0 Å². The molecule has 3 heterocycles. The molecule has 0 radical (unpaired) electrons. The van der Waals surface area contributed by atoms with Crippen LogP contribution in [0, 0.1) is 0 Å². The molecule has 35 heavy (non-hydrogen) atoms. The molecule has 1 aliphatic carbocycles. The van der Waals surface area contributed by atoms with Crippen LogP contribution in [0.3, 0.4) is 0 Å². The summed E-state index contributed by atoms with van der Waals surface area (Å²) < 4.78 is 7.77. The molecule has 1 N–H and O–H groups in total. The van der Waals surface area contributed by atoms with E-state index >= 15 is 0 Å². The zero-order chi connectivity index (χ0) is 23.6. The fraction of sp³-hybridized carbons (Fsp3) is 0.250. The largest absolute Gasteiger partial charge is 0.498 e. The van der Waals surface area contributed by atoms with Gasteiger partial charge in [0.25, 0.3) is 5.91 Å². The number of hydrogen-bond acceptors (Lipinski definition) is 5. The lowest BCUT2D eigenvalue weighted by atomic mass is 10.1. The minimum Gasteiger partial charge on any atom is -0.498 e. The van der Waals surface area contributed by atoms with Gasteiger partial charge in [-0.05, 0) is 37.5 Å². The van der Waals surface area contributed by atoms with E-state index in [-0.39, 0.29) is 5.91 Å². The third-order valence-corrected chi connectivity index (χ3v) is 7.15. The summed E-state index contributed by atoms with van der Waals surface area (Å²) in [5.74, 6) is 1.85. The highest BCUT2D eigenvalue weighted by molar-refractivity contribution is 7.99. The first-order chi connectivity index (χ1) is 17.2. The Morgan fingerprint density at radius 1 is 1.11 bits per heavy atom. The van der Waals surface area contributed by atoms with E-state index in [9.17, 15) is 4.79 Å². The summed E-state index contributed by atoms with van der Waals surface area (Å²) >= 11 is 1.67. The van der Waals surface area contributed by atoms with Gasteiger partial charge in [-0.15, -0.1) is 0 Å². The fourth-order valence-electron chi connectivity index (χ4n) is 4.20. The average Bonchev–Trinajstić information content (AvgIpc) is 3.37. The predicted octanol–water partition coefficient (Wildman–Crippen LogP) is 5.74. The number of allylic oxidation sites excluding steroid dienone is 1. The smallest absolute Gasteiger partial charge is 0.251 e. The summed E-state index contributed by atoms with van der Waals surface area (Å²) in [6.45, 7) is 0.813. The Bertz CT molecular complexity index is 1380. The number of rotatable bonds is 7. The van der Waals surface area contributed by atoms with Crippen molar-refractivity contribution in [1.82, 2.24) is 19.7 Å². The van der Waals surface area contributed by atoms with Crippen molar-refractivity contribution in [3.05, 3.63) is 84.4 Å². The van der Waals surface area contributed by atoms with Crippen molar-refractivity contribution in [3.8, 4) is 22.5 Å². The van der Waals surface area contributed by atoms with Gasteiger partial charge in [-0.25, -0.2) is 9.97 Å². The number of carbonyl (C=O) groups excluding carboxylic acids is 1. The van der Waals surface area contributed by atoms with Crippen molar-refractivity contribution >= 4 is 23.3 Å². The van der Waals surface area contributed by atoms with Gasteiger partial charge in [0.15, 0.2) is 5.65 Å². The van der Waals surface area contributed by atoms with Crippen LogP contribution >= 0.6 is 11.8 Å². The van der Waals surface area contributed by atoms with Gasteiger partial charge in [-0.3, -0.25) is 9.20 Å². The summed E-state index contributed by atoms with van der Waals surface area (Å²) in [6.07, 6.45) is 10.3. The maximum atomic E-state index is 12.4. The van der Waals surface area contributed by atoms with Crippen LogP contribution in [-0.4, -0.2) is 38.7 Å². The van der Waals surface area contributed by atoms with E-state index in [4.69, 9.17) is 14.7 Å². The first-order valence-corrected chi connectivity index (χ1v) is 13.0. The summed E-state index contributed by atoms with van der Waals surface area (Å²) in [5.41, 5.74) is 5.42. The molecule has 176 valence electrons. The highest BCUT2D eigenvalue weighted by Gasteiger charge is 2.23. The molecule has 0 atom stereocenters. The molecular formula is C28H26N4O2S. The third kappa shape index (κ3) is 4.82. The van der Waals surface area contributed by atoms with Gasteiger partial charge in [-0.1, -0.05) is 54.2 Å². The lowest BCUT2D eigenvalue weighted by Gasteiger charge is -2.10. The van der Waals surface area contributed by atoms with Gasteiger partial charge >= 0.3 is 0 Å². The molecule has 6 rings (SSSR count). The van der Waals surface area contributed by atoms with Crippen molar-refractivity contribution in [1.29, 1.82) is 0 Å². The summed E-state index contributed by atoms with van der Waals surface area (Å²) in [4.78, 5) is 22.1. The van der Waals surface area contributed by atoms with E-state index in [1.807, 2.05) is 54.9 Å². The van der Waals surface area contributed by atoms with Crippen LogP contribution in [0.25, 0.3) is 28.2 Å². The molecule has 1 saturated heterocycles. The maximum Gasteiger partial charge on any atom is 0.251 e. The van der Waals surface area contributed by atoms with Crippen molar-refractivity contribution in [2.75, 3.05) is 12.4 Å². The van der Waals surface area contributed by atoms with Crippen molar-refractivity contribution in [2.45, 2.75) is 36.8 Å². The predicted molar refractivity (Wildman–Crippen MR) is 138 cm³/mol. The molecule has 2 aromatic heterocycles. The van der Waals surface area contributed by atoms with Gasteiger partial charge in [0, 0.05) is 41.1 Å². The zero-order valence-corrected chi connectivity index (χ0v) is 20.1. The topological polar surface area (TPSA) is 68.5 Å². The highest BCUT2D eigenvalue weighted by atomic mass is 32.2. The molecule has 0 spiro atoms. The molecule has 4 aromatic rings. The molecule has 2 aromatic carbocycles. The number of fused-ring (bicyclic) bond motifs is 1. The Labute approximate surface area is 208 Å². The third-order valence-electron chi connectivity index (χ3n) is 6.27. The van der Waals surface area contributed by atoms with E-state index in [1.165, 1.54) is 0 Å². The number of nitrogens with zero attached hydrogens (tertiary/aromatic N) is 3. The highest BCUT2D eigenvalue weighted by Crippen LogP contribution is 2.31. The molecule has 1 aliphatic heterocycles. The summed E-state index contributed by atoms with van der Waals surface area (Å²) in [6, 6.07) is 18.3. The van der Waals surface area contributed by atoms with Crippen molar-refractivity contribution in [3.63, 3.8) is 0 Å². The van der Waals surface area contributed by atoms with Crippen LogP contribution in [-0.2, 0) is 4.74 Å². The van der Waals surface area contributed by atoms with Gasteiger partial charge in [0.1, 0.15) is 5.03 Å². The van der Waals surface area contributed by atoms with Gasteiger partial charge < -0.3 is 10.1 Å². The second kappa shape index (κ2) is 9.58. The molecule has 2 fully saturated rings. The minimum atomic E-state index is -0.00759. The lowest BCUT2D eigenvalue weighted by molar-refractivity contribution is 0.0951. The fourth-order valence-corrected chi connectivity index (χ4v) is 5.07. The molecule has 1 saturated carbocycles. The quantitative estimate of drug-likeness (QED) is 0.340. The number of benzene rings is 2. The number of amides is 1. The number of nitrogens with one attached hydrogen (secondary N) is 1. The molecule has 6 nitrogen and oxygen atoms in total. The molecular weight excluding hydrogens is 456 g/mol. The van der Waals surface area contributed by atoms with Gasteiger partial charge in [-0.2, -0.15) is 0 Å². The first-order valence-electron chi connectivity index (χ1n) is 12.0. The molecule has 0 bridgehead atoms. The zero-order valence-electron chi connectivity index (χ0n) is 19.3. The lowest BCUT2D eigenvalue weighted by Crippen LogP contribution is -2.25. The SMILES string of the molecule is O=C(NC1CC1)c1ccc(-c2cnc3c(SC/C=C4/CCCO4)nc(-c4ccccc4)cn23)cc1. The normalized spacial score (nSPS) is 16.5. The number of hydrogen-bond donors (Lipinski definition) is 1. The van der Waals surface area contributed by atoms with E-state index in [2.05, 4.69) is 27.9 Å². The maximum absolute atomic E-state index is 12.4. The van der Waals surface area contributed by atoms with E-state index in [0.29, 0.717) is 11.6 Å². The van der Waals surface area contributed by atoms with Crippen LogP contribution in [0.4, 0.5) is 0 Å². The first kappa shape index (κ1) is 21.9. The van der Waals surface area contributed by atoms with Crippen LogP contribution in [0.2, 0.25) is 0 Å². The Hall–Kier alpha value is -3.58. The standard InChI is InChI=1S/C28H26N4O2S/c33-27(30-22-12-13-22)21-10-8-20(9-11-21)25-17-29-26-28(35-16-14-23-7-4-15-34-23)31-24(18-32(25)26)19-5-2-1-3-6-19/h1-3,5-6,8-11,14,17-18,22H,4,7,12-13,15-16H2,(H,30,33)/b23-14-. The number of imidazole rings is 1. The Morgan fingerprint density at radius 3 is 2.69 bits per heavy atom. The Kier molecular flexibility index (Phi) is 6.00. The van der Waals surface area contributed by atoms with E-state index < -0.39 is 0 Å². The minimum absolute atomic E-state index is 0.00759.